The van der Waals surface area contributed by atoms with Crippen LogP contribution >= 0.6 is 0 Å². The van der Waals surface area contributed by atoms with Gasteiger partial charge in [0, 0.05) is 23.8 Å². The van der Waals surface area contributed by atoms with E-state index >= 15 is 0 Å². The fourth-order valence-electron chi connectivity index (χ4n) is 3.25. The van der Waals surface area contributed by atoms with E-state index in [0.717, 1.165) is 12.8 Å². The average molecular weight is 254 g/mol. The second-order valence-corrected chi connectivity index (χ2v) is 5.39. The summed E-state index contributed by atoms with van der Waals surface area (Å²) in [5.74, 6) is 0. The zero-order valence-corrected chi connectivity index (χ0v) is 11.9. The number of benzene rings is 1. The molecule has 0 atom stereocenters. The molecule has 0 amide bonds. The molecule has 1 aliphatic rings. The molecule has 3 rings (SSSR count). The van der Waals surface area contributed by atoms with Crippen LogP contribution in [0.4, 0.5) is 5.69 Å². The Morgan fingerprint density at radius 3 is 2.79 bits per heavy atom. The molecule has 1 heterocycles. The maximum Gasteiger partial charge on any atom is 0.0758 e. The Kier molecular flexibility index (Phi) is 3.41. The summed E-state index contributed by atoms with van der Waals surface area (Å²) < 4.78 is 0. The summed E-state index contributed by atoms with van der Waals surface area (Å²) in [5.41, 5.74) is 6.67. The van der Waals surface area contributed by atoms with Crippen LogP contribution < -0.4 is 5.32 Å². The highest BCUT2D eigenvalue weighted by Crippen LogP contribution is 2.33. The molecule has 0 unspecified atom stereocenters. The lowest BCUT2D eigenvalue weighted by Gasteiger charge is -2.16. The van der Waals surface area contributed by atoms with Crippen molar-refractivity contribution in [2.75, 3.05) is 12.4 Å². The summed E-state index contributed by atoms with van der Waals surface area (Å²) in [6.07, 6.45) is 7.26. The summed E-state index contributed by atoms with van der Waals surface area (Å²) in [5, 5.41) is 4.73. The molecule has 100 valence electrons. The molecule has 2 heteroatoms. The molecule has 0 spiro atoms. The number of aromatic nitrogens is 1. The number of para-hydroxylation sites is 1. The summed E-state index contributed by atoms with van der Waals surface area (Å²) in [4.78, 5) is 5.02. The molecular formula is C17H22N2. The molecule has 0 fully saturated rings. The van der Waals surface area contributed by atoms with Crippen LogP contribution in [0.5, 0.6) is 0 Å². The minimum atomic E-state index is 1.05. The summed E-state index contributed by atoms with van der Waals surface area (Å²) >= 11 is 0. The molecule has 1 aromatic heterocycles. The number of aryl methyl sites for hydroxylation is 2. The van der Waals surface area contributed by atoms with Gasteiger partial charge < -0.3 is 5.32 Å². The lowest BCUT2D eigenvalue weighted by atomic mass is 9.99. The predicted molar refractivity (Wildman–Crippen MR) is 81.9 cm³/mol. The number of anilines is 1. The van der Waals surface area contributed by atoms with E-state index in [9.17, 15) is 0 Å². The number of hydrogen-bond donors (Lipinski definition) is 1. The van der Waals surface area contributed by atoms with Crippen molar-refractivity contribution in [3.05, 3.63) is 35.0 Å². The van der Waals surface area contributed by atoms with Crippen LogP contribution in [0.2, 0.25) is 0 Å². The van der Waals surface area contributed by atoms with Crippen molar-refractivity contribution in [3.63, 3.8) is 0 Å². The van der Waals surface area contributed by atoms with Gasteiger partial charge in [0.05, 0.1) is 5.52 Å². The smallest absolute Gasteiger partial charge is 0.0758 e. The molecule has 1 N–H and O–H groups in total. The molecule has 0 saturated carbocycles. The number of nitrogens with one attached hydrogen (secondary N) is 1. The van der Waals surface area contributed by atoms with Crippen LogP contribution in [-0.2, 0) is 19.3 Å². The van der Waals surface area contributed by atoms with E-state index in [0.29, 0.717) is 0 Å². The van der Waals surface area contributed by atoms with Gasteiger partial charge in [-0.1, -0.05) is 31.5 Å². The number of hydrogen-bond acceptors (Lipinski definition) is 2. The molecule has 0 aliphatic heterocycles. The second kappa shape index (κ2) is 5.20. The van der Waals surface area contributed by atoms with E-state index < -0.39 is 0 Å². The number of fused-ring (bicyclic) bond motifs is 2. The summed E-state index contributed by atoms with van der Waals surface area (Å²) in [6.45, 7) is 2.21. The van der Waals surface area contributed by atoms with E-state index in [-0.39, 0.29) is 0 Å². The Hall–Kier alpha value is -1.57. The molecule has 0 radical (unpaired) electrons. The highest BCUT2D eigenvalue weighted by molar-refractivity contribution is 5.95. The fraction of sp³-hybridized carbons (Fsp3) is 0.471. The molecule has 19 heavy (non-hydrogen) atoms. The van der Waals surface area contributed by atoms with Gasteiger partial charge in [-0.3, -0.25) is 4.98 Å². The van der Waals surface area contributed by atoms with Gasteiger partial charge in [0.1, 0.15) is 0 Å². The van der Waals surface area contributed by atoms with Crippen molar-refractivity contribution >= 4 is 16.6 Å². The van der Waals surface area contributed by atoms with Gasteiger partial charge in [0.2, 0.25) is 0 Å². The van der Waals surface area contributed by atoms with E-state index in [1.165, 1.54) is 59.1 Å². The Morgan fingerprint density at radius 1 is 1.16 bits per heavy atom. The number of nitrogens with zero attached hydrogens (tertiary/aromatic N) is 1. The molecular weight excluding hydrogens is 232 g/mol. The highest BCUT2D eigenvalue weighted by atomic mass is 14.9. The normalized spacial score (nSPS) is 15.1. The standard InChI is InChI=1S/C17H22N2/c1-3-12-8-7-10-14-16(12)19-15-11-6-4-5-9-13(15)17(14)18-2/h7-8,10H,3-6,9,11H2,1-2H3,(H,18,19). The quantitative estimate of drug-likeness (QED) is 0.816. The van der Waals surface area contributed by atoms with Gasteiger partial charge in [0.15, 0.2) is 0 Å². The first kappa shape index (κ1) is 12.5. The van der Waals surface area contributed by atoms with E-state index in [4.69, 9.17) is 4.98 Å². The van der Waals surface area contributed by atoms with Gasteiger partial charge in [-0.2, -0.15) is 0 Å². The first-order chi connectivity index (χ1) is 9.35. The SMILES string of the molecule is CCc1cccc2c(NC)c3c(nc12)CCCCC3. The lowest BCUT2D eigenvalue weighted by Crippen LogP contribution is -2.04. The molecule has 0 bridgehead atoms. The third-order valence-corrected chi connectivity index (χ3v) is 4.26. The van der Waals surface area contributed by atoms with Crippen molar-refractivity contribution in [2.24, 2.45) is 0 Å². The number of pyridine rings is 1. The minimum Gasteiger partial charge on any atom is -0.387 e. The van der Waals surface area contributed by atoms with Crippen molar-refractivity contribution < 1.29 is 0 Å². The maximum absolute atomic E-state index is 5.02. The van der Waals surface area contributed by atoms with Crippen LogP contribution in [0.25, 0.3) is 10.9 Å². The fourth-order valence-corrected chi connectivity index (χ4v) is 3.25. The van der Waals surface area contributed by atoms with Gasteiger partial charge in [0.25, 0.3) is 0 Å². The maximum atomic E-state index is 5.02. The van der Waals surface area contributed by atoms with Crippen molar-refractivity contribution in [1.29, 1.82) is 0 Å². The third-order valence-electron chi connectivity index (χ3n) is 4.26. The van der Waals surface area contributed by atoms with Crippen LogP contribution in [-0.4, -0.2) is 12.0 Å². The topological polar surface area (TPSA) is 24.9 Å². The van der Waals surface area contributed by atoms with Crippen LogP contribution in [0.3, 0.4) is 0 Å². The summed E-state index contributed by atoms with van der Waals surface area (Å²) in [6, 6.07) is 6.57. The molecule has 2 aromatic rings. The van der Waals surface area contributed by atoms with E-state index in [1.807, 2.05) is 7.05 Å². The molecule has 1 aliphatic carbocycles. The second-order valence-electron chi connectivity index (χ2n) is 5.39. The van der Waals surface area contributed by atoms with Crippen LogP contribution in [0.1, 0.15) is 43.0 Å². The Bertz CT molecular complexity index is 602. The van der Waals surface area contributed by atoms with Crippen molar-refractivity contribution in [3.8, 4) is 0 Å². The molecule has 0 saturated heterocycles. The Labute approximate surface area is 115 Å². The zero-order valence-electron chi connectivity index (χ0n) is 11.9. The lowest BCUT2D eigenvalue weighted by molar-refractivity contribution is 0.709. The predicted octanol–water partition coefficient (Wildman–Crippen LogP) is 4.11. The Morgan fingerprint density at radius 2 is 2.00 bits per heavy atom. The van der Waals surface area contributed by atoms with Gasteiger partial charge in [-0.25, -0.2) is 0 Å². The van der Waals surface area contributed by atoms with Gasteiger partial charge in [-0.15, -0.1) is 0 Å². The minimum absolute atomic E-state index is 1.05. The van der Waals surface area contributed by atoms with Gasteiger partial charge in [-0.05, 0) is 43.2 Å². The molecule has 1 aromatic carbocycles. The van der Waals surface area contributed by atoms with Crippen molar-refractivity contribution in [1.82, 2.24) is 4.98 Å². The first-order valence-electron chi connectivity index (χ1n) is 7.46. The molecule has 2 nitrogen and oxygen atoms in total. The zero-order chi connectivity index (χ0) is 13.2. The monoisotopic (exact) mass is 254 g/mol. The summed E-state index contributed by atoms with van der Waals surface area (Å²) in [7, 11) is 2.04. The average Bonchev–Trinajstić information content (AvgIpc) is 2.69. The first-order valence-corrected chi connectivity index (χ1v) is 7.46. The third kappa shape index (κ3) is 2.09. The van der Waals surface area contributed by atoms with E-state index in [2.05, 4.69) is 30.4 Å². The largest absolute Gasteiger partial charge is 0.387 e. The van der Waals surface area contributed by atoms with E-state index in [1.54, 1.807) is 0 Å². The van der Waals surface area contributed by atoms with Crippen LogP contribution in [0.15, 0.2) is 18.2 Å². The van der Waals surface area contributed by atoms with Crippen molar-refractivity contribution in [2.45, 2.75) is 45.4 Å². The number of rotatable bonds is 2. The highest BCUT2D eigenvalue weighted by Gasteiger charge is 2.17. The van der Waals surface area contributed by atoms with Gasteiger partial charge >= 0.3 is 0 Å². The van der Waals surface area contributed by atoms with Crippen LogP contribution in [0, 0.1) is 0 Å². The Balaban J connectivity index is 2.32.